The number of hydrogen-bond donors (Lipinski definition) is 1. The third-order valence-corrected chi connectivity index (χ3v) is 3.60. The average Bonchev–Trinajstić information content (AvgIpc) is 2.86. The monoisotopic (exact) mass is 250 g/mol. The number of nitrogens with one attached hydrogen (secondary N) is 1. The number of hydrogen-bond acceptors (Lipinski definition) is 3. The van der Waals surface area contributed by atoms with Crippen LogP contribution in [-0.2, 0) is 13.6 Å². The molecule has 1 aromatic rings. The molecule has 0 amide bonds. The topological polar surface area (TPSA) is 33.1 Å². The van der Waals surface area contributed by atoms with E-state index in [1.807, 2.05) is 17.9 Å². The van der Waals surface area contributed by atoms with Crippen LogP contribution in [0, 0.1) is 5.92 Å². The second-order valence-corrected chi connectivity index (χ2v) is 6.47. The van der Waals surface area contributed by atoms with E-state index in [-0.39, 0.29) is 5.54 Å². The van der Waals surface area contributed by atoms with Gasteiger partial charge in [0.05, 0.1) is 5.69 Å². The molecule has 0 spiro atoms. The van der Waals surface area contributed by atoms with E-state index < -0.39 is 0 Å². The van der Waals surface area contributed by atoms with Crippen molar-refractivity contribution in [3.8, 4) is 0 Å². The van der Waals surface area contributed by atoms with Crippen molar-refractivity contribution in [1.29, 1.82) is 0 Å². The molecule has 1 saturated heterocycles. The first-order valence-corrected chi connectivity index (χ1v) is 6.88. The number of aryl methyl sites for hydroxylation is 1. The van der Waals surface area contributed by atoms with Crippen molar-refractivity contribution in [2.45, 2.75) is 39.3 Å². The lowest BCUT2D eigenvalue weighted by molar-refractivity contribution is 0.298. The molecule has 0 saturated carbocycles. The fourth-order valence-electron chi connectivity index (χ4n) is 2.46. The molecule has 0 aromatic carbocycles. The van der Waals surface area contributed by atoms with Gasteiger partial charge in [-0.15, -0.1) is 0 Å². The summed E-state index contributed by atoms with van der Waals surface area (Å²) in [5.41, 5.74) is 1.54. The standard InChI is InChI=1S/C14H26N4/c1-14(2,3)15-9-12-6-8-18(10-12)11-13-5-7-16-17(13)4/h5,7,12,15H,6,8-11H2,1-4H3. The van der Waals surface area contributed by atoms with Gasteiger partial charge < -0.3 is 5.32 Å². The summed E-state index contributed by atoms with van der Waals surface area (Å²) in [7, 11) is 2.02. The normalized spacial score (nSPS) is 21.7. The first-order chi connectivity index (χ1) is 8.44. The minimum absolute atomic E-state index is 0.232. The molecule has 1 unspecified atom stereocenters. The molecular weight excluding hydrogens is 224 g/mol. The molecule has 102 valence electrons. The maximum Gasteiger partial charge on any atom is 0.0521 e. The van der Waals surface area contributed by atoms with Gasteiger partial charge in [0.15, 0.2) is 0 Å². The molecule has 1 aliphatic heterocycles. The Hall–Kier alpha value is -0.870. The predicted molar refractivity (Wildman–Crippen MR) is 74.3 cm³/mol. The van der Waals surface area contributed by atoms with E-state index in [1.165, 1.54) is 25.2 Å². The highest BCUT2D eigenvalue weighted by atomic mass is 15.3. The van der Waals surface area contributed by atoms with Gasteiger partial charge in [0.25, 0.3) is 0 Å². The third-order valence-electron chi connectivity index (χ3n) is 3.60. The van der Waals surface area contributed by atoms with E-state index in [0.29, 0.717) is 0 Å². The molecule has 4 nitrogen and oxygen atoms in total. The summed E-state index contributed by atoms with van der Waals surface area (Å²) in [6, 6.07) is 2.11. The van der Waals surface area contributed by atoms with Crippen molar-refractivity contribution < 1.29 is 0 Å². The van der Waals surface area contributed by atoms with E-state index in [4.69, 9.17) is 0 Å². The van der Waals surface area contributed by atoms with Crippen LogP contribution in [0.4, 0.5) is 0 Å². The summed E-state index contributed by atoms with van der Waals surface area (Å²) < 4.78 is 1.97. The Labute approximate surface area is 110 Å². The molecule has 0 radical (unpaired) electrons. The highest BCUT2D eigenvalue weighted by Gasteiger charge is 2.24. The van der Waals surface area contributed by atoms with Crippen LogP contribution < -0.4 is 5.32 Å². The SMILES string of the molecule is Cn1nccc1CN1CCC(CNC(C)(C)C)C1. The molecule has 4 heteroatoms. The van der Waals surface area contributed by atoms with E-state index in [1.54, 1.807) is 0 Å². The third kappa shape index (κ3) is 3.82. The zero-order chi connectivity index (χ0) is 13.2. The van der Waals surface area contributed by atoms with Gasteiger partial charge in [-0.05, 0) is 52.3 Å². The lowest BCUT2D eigenvalue weighted by atomic mass is 10.1. The van der Waals surface area contributed by atoms with Gasteiger partial charge in [-0.25, -0.2) is 0 Å². The van der Waals surface area contributed by atoms with Crippen LogP contribution >= 0.6 is 0 Å². The summed E-state index contributed by atoms with van der Waals surface area (Å²) in [5, 5.41) is 7.83. The van der Waals surface area contributed by atoms with Gasteiger partial charge in [-0.2, -0.15) is 5.10 Å². The zero-order valence-corrected chi connectivity index (χ0v) is 12.1. The van der Waals surface area contributed by atoms with Crippen LogP contribution in [-0.4, -0.2) is 39.9 Å². The van der Waals surface area contributed by atoms with Crippen LogP contribution in [0.1, 0.15) is 32.9 Å². The van der Waals surface area contributed by atoms with Gasteiger partial charge in [-0.3, -0.25) is 9.58 Å². The Morgan fingerprint density at radius 1 is 1.44 bits per heavy atom. The molecule has 2 rings (SSSR count). The molecule has 1 N–H and O–H groups in total. The zero-order valence-electron chi connectivity index (χ0n) is 12.1. The maximum absolute atomic E-state index is 4.22. The van der Waals surface area contributed by atoms with Crippen LogP contribution in [0.3, 0.4) is 0 Å². The van der Waals surface area contributed by atoms with E-state index >= 15 is 0 Å². The number of likely N-dealkylation sites (tertiary alicyclic amines) is 1. The minimum Gasteiger partial charge on any atom is -0.312 e. The molecule has 0 bridgehead atoms. The Kier molecular flexibility index (Phi) is 4.07. The van der Waals surface area contributed by atoms with Crippen molar-refractivity contribution in [3.05, 3.63) is 18.0 Å². The fraction of sp³-hybridized carbons (Fsp3) is 0.786. The van der Waals surface area contributed by atoms with E-state index in [0.717, 1.165) is 19.0 Å². The van der Waals surface area contributed by atoms with E-state index in [9.17, 15) is 0 Å². The molecule has 1 atom stereocenters. The summed E-state index contributed by atoms with van der Waals surface area (Å²) >= 11 is 0. The lowest BCUT2D eigenvalue weighted by Gasteiger charge is -2.23. The smallest absolute Gasteiger partial charge is 0.0521 e. The van der Waals surface area contributed by atoms with Gasteiger partial charge in [0.2, 0.25) is 0 Å². The first-order valence-electron chi connectivity index (χ1n) is 6.88. The number of rotatable bonds is 4. The molecule has 0 aliphatic carbocycles. The Morgan fingerprint density at radius 2 is 2.22 bits per heavy atom. The van der Waals surface area contributed by atoms with Crippen molar-refractivity contribution in [2.75, 3.05) is 19.6 Å². The second-order valence-electron chi connectivity index (χ2n) is 6.47. The summed E-state index contributed by atoms with van der Waals surface area (Å²) in [6.07, 6.45) is 3.19. The highest BCUT2D eigenvalue weighted by molar-refractivity contribution is 5.00. The fourth-order valence-corrected chi connectivity index (χ4v) is 2.46. The Bertz CT molecular complexity index is 377. The number of nitrogens with zero attached hydrogens (tertiary/aromatic N) is 3. The van der Waals surface area contributed by atoms with Gasteiger partial charge >= 0.3 is 0 Å². The van der Waals surface area contributed by atoms with E-state index in [2.05, 4.69) is 42.2 Å². The Balaban J connectivity index is 1.77. The Morgan fingerprint density at radius 3 is 2.83 bits per heavy atom. The summed E-state index contributed by atoms with van der Waals surface area (Å²) in [6.45, 7) is 11.3. The average molecular weight is 250 g/mol. The highest BCUT2D eigenvalue weighted by Crippen LogP contribution is 2.18. The van der Waals surface area contributed by atoms with Crippen LogP contribution in [0.25, 0.3) is 0 Å². The van der Waals surface area contributed by atoms with Crippen LogP contribution in [0.5, 0.6) is 0 Å². The largest absolute Gasteiger partial charge is 0.312 e. The predicted octanol–water partition coefficient (Wildman–Crippen LogP) is 1.63. The van der Waals surface area contributed by atoms with Crippen molar-refractivity contribution in [1.82, 2.24) is 20.0 Å². The molecule has 2 heterocycles. The minimum atomic E-state index is 0.232. The maximum atomic E-state index is 4.22. The van der Waals surface area contributed by atoms with Crippen molar-refractivity contribution in [3.63, 3.8) is 0 Å². The van der Waals surface area contributed by atoms with Gasteiger partial charge in [0.1, 0.15) is 0 Å². The quantitative estimate of drug-likeness (QED) is 0.882. The molecule has 18 heavy (non-hydrogen) atoms. The molecule has 1 aliphatic rings. The lowest BCUT2D eigenvalue weighted by Crippen LogP contribution is -2.39. The summed E-state index contributed by atoms with van der Waals surface area (Å²) in [5.74, 6) is 0.789. The van der Waals surface area contributed by atoms with Crippen molar-refractivity contribution in [2.24, 2.45) is 13.0 Å². The van der Waals surface area contributed by atoms with Gasteiger partial charge in [0, 0.05) is 31.9 Å². The molecule has 1 fully saturated rings. The summed E-state index contributed by atoms with van der Waals surface area (Å²) in [4.78, 5) is 2.53. The second kappa shape index (κ2) is 5.41. The first kappa shape index (κ1) is 13.6. The van der Waals surface area contributed by atoms with Crippen LogP contribution in [0.15, 0.2) is 12.3 Å². The molecule has 1 aromatic heterocycles. The van der Waals surface area contributed by atoms with Crippen LogP contribution in [0.2, 0.25) is 0 Å². The van der Waals surface area contributed by atoms with Gasteiger partial charge in [-0.1, -0.05) is 0 Å². The van der Waals surface area contributed by atoms with Crippen molar-refractivity contribution >= 4 is 0 Å². The number of aromatic nitrogens is 2. The molecular formula is C14H26N4.